The van der Waals surface area contributed by atoms with Crippen LogP contribution in [0.1, 0.15) is 53.1 Å². The zero-order chi connectivity index (χ0) is 21.9. The number of benzene rings is 2. The van der Waals surface area contributed by atoms with E-state index in [4.69, 9.17) is 9.15 Å². The van der Waals surface area contributed by atoms with Crippen LogP contribution in [0.2, 0.25) is 0 Å². The summed E-state index contributed by atoms with van der Waals surface area (Å²) in [7, 11) is 0. The van der Waals surface area contributed by atoms with Gasteiger partial charge in [-0.1, -0.05) is 48.5 Å². The fourth-order valence-electron chi connectivity index (χ4n) is 5.07. The molecule has 1 saturated heterocycles. The number of para-hydroxylation sites is 1. The number of fused-ring (bicyclic) bond motifs is 1. The molecule has 5 nitrogen and oxygen atoms in total. The summed E-state index contributed by atoms with van der Waals surface area (Å²) in [5, 5.41) is 3.15. The van der Waals surface area contributed by atoms with Gasteiger partial charge in [0.15, 0.2) is 0 Å². The van der Waals surface area contributed by atoms with Gasteiger partial charge in [0, 0.05) is 30.8 Å². The van der Waals surface area contributed by atoms with Crippen LogP contribution in [0.4, 0.5) is 5.69 Å². The third-order valence-electron chi connectivity index (χ3n) is 6.75. The Morgan fingerprint density at radius 1 is 1.09 bits per heavy atom. The summed E-state index contributed by atoms with van der Waals surface area (Å²) in [5.74, 6) is 0.896. The lowest BCUT2D eigenvalue weighted by Gasteiger charge is -2.32. The number of carbonyl (C=O) groups excluding carboxylic acids is 1. The zero-order valence-electron chi connectivity index (χ0n) is 18.5. The van der Waals surface area contributed by atoms with Gasteiger partial charge < -0.3 is 19.4 Å². The Morgan fingerprint density at radius 3 is 2.78 bits per heavy atom. The van der Waals surface area contributed by atoms with Gasteiger partial charge in [-0.3, -0.25) is 4.79 Å². The van der Waals surface area contributed by atoms with E-state index in [-0.39, 0.29) is 17.9 Å². The largest absolute Gasteiger partial charge is 0.467 e. The van der Waals surface area contributed by atoms with E-state index >= 15 is 0 Å². The lowest BCUT2D eigenvalue weighted by molar-refractivity contribution is -0.0272. The molecule has 0 bridgehead atoms. The van der Waals surface area contributed by atoms with Crippen molar-refractivity contribution in [1.82, 2.24) is 5.32 Å². The molecule has 1 fully saturated rings. The molecular formula is C27H30N2O3. The minimum absolute atomic E-state index is 0.0241. The topological polar surface area (TPSA) is 54.7 Å². The first-order valence-electron chi connectivity index (χ1n) is 11.6. The van der Waals surface area contributed by atoms with E-state index in [2.05, 4.69) is 53.5 Å². The number of furan rings is 1. The summed E-state index contributed by atoms with van der Waals surface area (Å²) in [6, 6.07) is 20.9. The fraction of sp³-hybridized carbons (Fsp3) is 0.370. The van der Waals surface area contributed by atoms with Crippen molar-refractivity contribution < 1.29 is 13.9 Å². The van der Waals surface area contributed by atoms with E-state index in [0.29, 0.717) is 30.5 Å². The molecule has 2 aliphatic heterocycles. The van der Waals surface area contributed by atoms with Crippen LogP contribution in [0.15, 0.2) is 71.3 Å². The summed E-state index contributed by atoms with van der Waals surface area (Å²) in [6.45, 7) is 4.17. The second-order valence-corrected chi connectivity index (χ2v) is 8.88. The Balaban J connectivity index is 1.26. The summed E-state index contributed by atoms with van der Waals surface area (Å²) in [6.07, 6.45) is 4.72. The minimum atomic E-state index is -0.0775. The highest BCUT2D eigenvalue weighted by Crippen LogP contribution is 2.34. The number of ether oxygens (including phenoxy) is 1. The summed E-state index contributed by atoms with van der Waals surface area (Å²) in [5.41, 5.74) is 4.38. The molecule has 2 aromatic carbocycles. The van der Waals surface area contributed by atoms with Gasteiger partial charge in [0.25, 0.3) is 5.91 Å². The number of hydrogen-bond acceptors (Lipinski definition) is 4. The average molecular weight is 431 g/mol. The van der Waals surface area contributed by atoms with Gasteiger partial charge in [0.2, 0.25) is 0 Å². The normalized spacial score (nSPS) is 22.5. The molecule has 5 rings (SSSR count). The maximum Gasteiger partial charge on any atom is 0.254 e. The average Bonchev–Trinajstić information content (AvgIpc) is 3.43. The molecule has 5 heteroatoms. The van der Waals surface area contributed by atoms with Crippen LogP contribution in [0.25, 0.3) is 0 Å². The van der Waals surface area contributed by atoms with Crippen LogP contribution in [0.3, 0.4) is 0 Å². The first kappa shape index (κ1) is 20.8. The molecular weight excluding hydrogens is 400 g/mol. The number of rotatable bonds is 6. The van der Waals surface area contributed by atoms with Gasteiger partial charge in [0.05, 0.1) is 24.5 Å². The molecule has 1 amide bonds. The highest BCUT2D eigenvalue weighted by atomic mass is 16.5. The molecule has 0 radical (unpaired) electrons. The van der Waals surface area contributed by atoms with Crippen LogP contribution in [-0.2, 0) is 17.7 Å². The Labute approximate surface area is 189 Å². The Hall–Kier alpha value is -3.05. The molecule has 32 heavy (non-hydrogen) atoms. The fourth-order valence-corrected chi connectivity index (χ4v) is 5.07. The second kappa shape index (κ2) is 9.21. The van der Waals surface area contributed by atoms with Gasteiger partial charge in [-0.25, -0.2) is 0 Å². The lowest BCUT2D eigenvalue weighted by Crippen LogP contribution is -2.35. The zero-order valence-corrected chi connectivity index (χ0v) is 18.5. The van der Waals surface area contributed by atoms with Crippen LogP contribution >= 0.6 is 0 Å². The Morgan fingerprint density at radius 2 is 1.91 bits per heavy atom. The highest BCUT2D eigenvalue weighted by Gasteiger charge is 2.30. The predicted molar refractivity (Wildman–Crippen MR) is 125 cm³/mol. The number of carbonyl (C=O) groups is 1. The van der Waals surface area contributed by atoms with Gasteiger partial charge in [0.1, 0.15) is 5.76 Å². The monoisotopic (exact) mass is 430 g/mol. The quantitative estimate of drug-likeness (QED) is 0.589. The van der Waals surface area contributed by atoms with Crippen molar-refractivity contribution >= 4 is 11.6 Å². The third-order valence-corrected chi connectivity index (χ3v) is 6.75. The van der Waals surface area contributed by atoms with Crippen molar-refractivity contribution in [3.63, 3.8) is 0 Å². The van der Waals surface area contributed by atoms with Gasteiger partial charge >= 0.3 is 0 Å². The lowest BCUT2D eigenvalue weighted by atomic mass is 9.89. The van der Waals surface area contributed by atoms with Crippen LogP contribution < -0.4 is 10.2 Å². The molecule has 3 aromatic rings. The number of amides is 1. The van der Waals surface area contributed by atoms with Crippen LogP contribution in [0, 0.1) is 5.92 Å². The summed E-state index contributed by atoms with van der Waals surface area (Å²) < 4.78 is 11.8. The summed E-state index contributed by atoms with van der Waals surface area (Å²) >= 11 is 0. The molecule has 3 atom stereocenters. The van der Waals surface area contributed by atoms with Crippen molar-refractivity contribution in [3.8, 4) is 0 Å². The maximum absolute atomic E-state index is 13.1. The minimum Gasteiger partial charge on any atom is -0.467 e. The van der Waals surface area contributed by atoms with E-state index in [1.165, 1.54) is 16.8 Å². The van der Waals surface area contributed by atoms with Crippen molar-refractivity contribution in [2.24, 2.45) is 5.92 Å². The van der Waals surface area contributed by atoms with E-state index in [0.717, 1.165) is 25.9 Å². The number of anilines is 1. The first-order chi connectivity index (χ1) is 15.7. The van der Waals surface area contributed by atoms with E-state index in [9.17, 15) is 4.79 Å². The van der Waals surface area contributed by atoms with E-state index in [1.807, 2.05) is 18.2 Å². The Bertz CT molecular complexity index is 1060. The van der Waals surface area contributed by atoms with Crippen molar-refractivity contribution in [3.05, 3.63) is 89.4 Å². The first-order valence-corrected chi connectivity index (χ1v) is 11.6. The molecule has 0 saturated carbocycles. The van der Waals surface area contributed by atoms with Crippen molar-refractivity contribution in [2.45, 2.75) is 44.9 Å². The molecule has 166 valence electrons. The molecule has 1 aromatic heterocycles. The predicted octanol–water partition coefficient (Wildman–Crippen LogP) is 5.13. The third kappa shape index (κ3) is 4.17. The standard InChI is InChI=1S/C27H30N2O3/c1-19-16-21-10-5-6-12-24(21)29(19)18-25-23(13-15-31-25)27(30)28-17-22-11-7-14-32-26(22)20-8-3-2-4-9-20/h2-6,8-10,12-13,15,19,22,26H,7,11,14,16-18H2,1H3,(H,28,30). The molecule has 2 aliphatic rings. The second-order valence-electron chi connectivity index (χ2n) is 8.88. The van der Waals surface area contributed by atoms with E-state index < -0.39 is 0 Å². The van der Waals surface area contributed by atoms with Gasteiger partial charge in [-0.2, -0.15) is 0 Å². The molecule has 0 aliphatic carbocycles. The number of nitrogens with one attached hydrogen (secondary N) is 1. The maximum atomic E-state index is 13.1. The van der Waals surface area contributed by atoms with Crippen LogP contribution in [0.5, 0.6) is 0 Å². The molecule has 3 heterocycles. The highest BCUT2D eigenvalue weighted by molar-refractivity contribution is 5.95. The van der Waals surface area contributed by atoms with Crippen LogP contribution in [-0.4, -0.2) is 25.1 Å². The molecule has 1 N–H and O–H groups in total. The van der Waals surface area contributed by atoms with Gasteiger partial charge in [-0.15, -0.1) is 0 Å². The number of hydrogen-bond donors (Lipinski definition) is 1. The van der Waals surface area contributed by atoms with E-state index in [1.54, 1.807) is 12.3 Å². The number of nitrogens with zero attached hydrogens (tertiary/aromatic N) is 1. The van der Waals surface area contributed by atoms with Crippen molar-refractivity contribution in [2.75, 3.05) is 18.1 Å². The SMILES string of the molecule is CC1Cc2ccccc2N1Cc1occc1C(=O)NCC1CCCOC1c1ccccc1. The Kier molecular flexibility index (Phi) is 5.99. The molecule has 0 spiro atoms. The smallest absolute Gasteiger partial charge is 0.254 e. The van der Waals surface area contributed by atoms with Gasteiger partial charge in [-0.05, 0) is 49.4 Å². The molecule has 3 unspecified atom stereocenters. The van der Waals surface area contributed by atoms with Crippen molar-refractivity contribution in [1.29, 1.82) is 0 Å². The summed E-state index contributed by atoms with van der Waals surface area (Å²) in [4.78, 5) is 15.4.